The fraction of sp³-hybridized carbons (Fsp3) is 0.130. The molecule has 0 amide bonds. The summed E-state index contributed by atoms with van der Waals surface area (Å²) in [4.78, 5) is 9.16. The third kappa shape index (κ3) is 4.69. The van der Waals surface area contributed by atoms with Crippen LogP contribution in [-0.2, 0) is 16.6 Å². The highest BCUT2D eigenvalue weighted by atomic mass is 35.5. The molecule has 0 spiro atoms. The molecular weight excluding hydrogens is 476 g/mol. The van der Waals surface area contributed by atoms with E-state index in [9.17, 15) is 8.42 Å². The number of hydrogen-bond acceptors (Lipinski definition) is 8. The van der Waals surface area contributed by atoms with Crippen molar-refractivity contribution < 1.29 is 13.2 Å². The van der Waals surface area contributed by atoms with Crippen molar-refractivity contribution in [1.29, 1.82) is 0 Å². The molecule has 5 N–H and O–H groups in total. The minimum absolute atomic E-state index is 0.00599. The average molecular weight is 499 g/mol. The van der Waals surface area contributed by atoms with Gasteiger partial charge in [0, 0.05) is 19.7 Å². The minimum Gasteiger partial charge on any atom is -0.497 e. The van der Waals surface area contributed by atoms with E-state index in [0.717, 1.165) is 0 Å². The van der Waals surface area contributed by atoms with Crippen LogP contribution in [0.5, 0.6) is 5.75 Å². The zero-order valence-electron chi connectivity index (χ0n) is 18.5. The standard InChI is InChI=1S/C23H23ClN6O3S/c1-26-19-9-5-6-14(13-25)21(19)34(31,32)30-23-22(27-17-7-3-4-8-18(17)28-23)29-20-12-15(33-2)10-11-16(20)24/h3-12,26H,13,25H2,1-2H3,(H,27,29)(H,28,30). The third-order valence-corrected chi connectivity index (χ3v) is 6.89. The first-order chi connectivity index (χ1) is 16.4. The molecule has 3 aromatic carbocycles. The summed E-state index contributed by atoms with van der Waals surface area (Å²) in [6.07, 6.45) is 0. The van der Waals surface area contributed by atoms with Crippen LogP contribution in [0.4, 0.5) is 23.0 Å². The van der Waals surface area contributed by atoms with Gasteiger partial charge in [0.1, 0.15) is 10.6 Å². The van der Waals surface area contributed by atoms with Gasteiger partial charge in [-0.25, -0.2) is 18.4 Å². The number of rotatable bonds is 8. The Balaban J connectivity index is 1.84. The summed E-state index contributed by atoms with van der Waals surface area (Å²) in [5, 5.41) is 6.39. The molecule has 0 saturated heterocycles. The second kappa shape index (κ2) is 9.72. The van der Waals surface area contributed by atoms with Crippen molar-refractivity contribution >= 4 is 55.7 Å². The second-order valence-electron chi connectivity index (χ2n) is 7.23. The van der Waals surface area contributed by atoms with Gasteiger partial charge in [-0.2, -0.15) is 0 Å². The van der Waals surface area contributed by atoms with Crippen LogP contribution in [-0.4, -0.2) is 32.5 Å². The molecule has 11 heteroatoms. The highest BCUT2D eigenvalue weighted by Gasteiger charge is 2.25. The Morgan fingerprint density at radius 1 is 0.971 bits per heavy atom. The summed E-state index contributed by atoms with van der Waals surface area (Å²) < 4.78 is 34.9. The SMILES string of the molecule is CNc1cccc(CN)c1S(=O)(=O)Nc1nc2ccccc2nc1Nc1cc(OC)ccc1Cl. The lowest BCUT2D eigenvalue weighted by atomic mass is 10.2. The topological polar surface area (TPSA) is 131 Å². The Labute approximate surface area is 202 Å². The first kappa shape index (κ1) is 23.6. The van der Waals surface area contributed by atoms with Crippen LogP contribution < -0.4 is 25.8 Å². The summed E-state index contributed by atoms with van der Waals surface area (Å²) in [5.41, 5.74) is 8.26. The van der Waals surface area contributed by atoms with E-state index in [2.05, 4.69) is 25.3 Å². The maximum atomic E-state index is 13.5. The van der Waals surface area contributed by atoms with Gasteiger partial charge in [-0.15, -0.1) is 0 Å². The Morgan fingerprint density at radius 3 is 2.32 bits per heavy atom. The van der Waals surface area contributed by atoms with Gasteiger partial charge < -0.3 is 21.1 Å². The first-order valence-electron chi connectivity index (χ1n) is 10.3. The summed E-state index contributed by atoms with van der Waals surface area (Å²) in [7, 11) is -0.918. The van der Waals surface area contributed by atoms with Crippen molar-refractivity contribution in [1.82, 2.24) is 9.97 Å². The molecule has 4 aromatic rings. The number of ether oxygens (including phenoxy) is 1. The van der Waals surface area contributed by atoms with Crippen LogP contribution in [0.2, 0.25) is 5.02 Å². The van der Waals surface area contributed by atoms with Crippen LogP contribution >= 0.6 is 11.6 Å². The van der Waals surface area contributed by atoms with Gasteiger partial charge in [0.2, 0.25) is 0 Å². The smallest absolute Gasteiger partial charge is 0.265 e. The molecule has 0 saturated carbocycles. The maximum Gasteiger partial charge on any atom is 0.265 e. The van der Waals surface area contributed by atoms with E-state index in [-0.39, 0.29) is 23.1 Å². The second-order valence-corrected chi connectivity index (χ2v) is 9.26. The van der Waals surface area contributed by atoms with Gasteiger partial charge in [0.25, 0.3) is 10.0 Å². The number of hydrogen-bond donors (Lipinski definition) is 4. The van der Waals surface area contributed by atoms with Crippen molar-refractivity contribution in [2.45, 2.75) is 11.4 Å². The predicted octanol–water partition coefficient (Wildman–Crippen LogP) is 4.34. The normalized spacial score (nSPS) is 11.3. The van der Waals surface area contributed by atoms with E-state index in [4.69, 9.17) is 22.1 Å². The van der Waals surface area contributed by atoms with Crippen molar-refractivity contribution in [3.63, 3.8) is 0 Å². The molecule has 9 nitrogen and oxygen atoms in total. The maximum absolute atomic E-state index is 13.5. The number of para-hydroxylation sites is 2. The molecule has 0 unspecified atom stereocenters. The number of halogens is 1. The fourth-order valence-electron chi connectivity index (χ4n) is 3.45. The van der Waals surface area contributed by atoms with Gasteiger partial charge in [0.15, 0.2) is 11.6 Å². The monoisotopic (exact) mass is 498 g/mol. The first-order valence-corrected chi connectivity index (χ1v) is 12.1. The van der Waals surface area contributed by atoms with E-state index in [0.29, 0.717) is 38.7 Å². The van der Waals surface area contributed by atoms with Crippen LogP contribution in [0.15, 0.2) is 65.6 Å². The van der Waals surface area contributed by atoms with Crippen LogP contribution in [0, 0.1) is 0 Å². The average Bonchev–Trinajstić information content (AvgIpc) is 2.84. The number of nitrogens with two attached hydrogens (primary N) is 1. The van der Waals surface area contributed by atoms with E-state index >= 15 is 0 Å². The number of methoxy groups -OCH3 is 1. The molecule has 0 aliphatic heterocycles. The van der Waals surface area contributed by atoms with Crippen LogP contribution in [0.3, 0.4) is 0 Å². The molecule has 0 bridgehead atoms. The molecule has 0 aliphatic carbocycles. The highest BCUT2D eigenvalue weighted by Crippen LogP contribution is 2.34. The number of aromatic nitrogens is 2. The van der Waals surface area contributed by atoms with E-state index in [1.165, 1.54) is 7.11 Å². The number of anilines is 4. The lowest BCUT2D eigenvalue weighted by Crippen LogP contribution is -2.20. The Kier molecular flexibility index (Phi) is 6.73. The van der Waals surface area contributed by atoms with Gasteiger partial charge in [0.05, 0.1) is 34.5 Å². The third-order valence-electron chi connectivity index (χ3n) is 5.08. The van der Waals surface area contributed by atoms with E-state index in [1.54, 1.807) is 61.6 Å². The summed E-state index contributed by atoms with van der Waals surface area (Å²) >= 11 is 6.35. The number of fused-ring (bicyclic) bond motifs is 1. The molecule has 1 heterocycles. The Morgan fingerprint density at radius 2 is 1.68 bits per heavy atom. The molecule has 0 atom stereocenters. The Bertz CT molecular complexity index is 1440. The molecule has 0 radical (unpaired) electrons. The van der Waals surface area contributed by atoms with Crippen molar-refractivity contribution in [3.8, 4) is 5.75 Å². The molecular formula is C23H23ClN6O3S. The molecule has 0 fully saturated rings. The Hall–Kier alpha value is -3.60. The van der Waals surface area contributed by atoms with Gasteiger partial charge in [-0.05, 0) is 35.9 Å². The number of benzene rings is 3. The van der Waals surface area contributed by atoms with Gasteiger partial charge in [-0.3, -0.25) is 4.72 Å². The number of nitrogens with one attached hydrogen (secondary N) is 3. The molecule has 1 aromatic heterocycles. The summed E-state index contributed by atoms with van der Waals surface area (Å²) in [5.74, 6) is 0.749. The highest BCUT2D eigenvalue weighted by molar-refractivity contribution is 7.93. The summed E-state index contributed by atoms with van der Waals surface area (Å²) in [6.45, 7) is 0.0414. The van der Waals surface area contributed by atoms with Crippen molar-refractivity contribution in [2.75, 3.05) is 29.5 Å². The lowest BCUT2D eigenvalue weighted by Gasteiger charge is -2.18. The zero-order chi connectivity index (χ0) is 24.3. The molecule has 34 heavy (non-hydrogen) atoms. The zero-order valence-corrected chi connectivity index (χ0v) is 20.0. The van der Waals surface area contributed by atoms with E-state index < -0.39 is 10.0 Å². The largest absolute Gasteiger partial charge is 0.497 e. The molecule has 0 aliphatic rings. The summed E-state index contributed by atoms with van der Waals surface area (Å²) in [6, 6.07) is 17.3. The van der Waals surface area contributed by atoms with Crippen LogP contribution in [0.1, 0.15) is 5.56 Å². The van der Waals surface area contributed by atoms with Gasteiger partial charge >= 0.3 is 0 Å². The lowest BCUT2D eigenvalue weighted by molar-refractivity contribution is 0.415. The molecule has 176 valence electrons. The van der Waals surface area contributed by atoms with Crippen LogP contribution in [0.25, 0.3) is 11.0 Å². The van der Waals surface area contributed by atoms with Gasteiger partial charge in [-0.1, -0.05) is 35.9 Å². The number of nitrogens with zero attached hydrogens (tertiary/aromatic N) is 2. The van der Waals surface area contributed by atoms with Crippen molar-refractivity contribution in [3.05, 3.63) is 71.2 Å². The quantitative estimate of drug-likeness (QED) is 0.282. The number of sulfonamides is 1. The van der Waals surface area contributed by atoms with E-state index in [1.807, 2.05) is 6.07 Å². The predicted molar refractivity (Wildman–Crippen MR) is 136 cm³/mol. The minimum atomic E-state index is -4.10. The fourth-order valence-corrected chi connectivity index (χ4v) is 5.07. The van der Waals surface area contributed by atoms with Crippen molar-refractivity contribution in [2.24, 2.45) is 5.73 Å². The molecule has 4 rings (SSSR count).